The van der Waals surface area contributed by atoms with Crippen LogP contribution in [0.1, 0.15) is 6.92 Å². The summed E-state index contributed by atoms with van der Waals surface area (Å²) in [5.74, 6) is 1.25. The SMILES string of the molecule is CNCC(C)CN1CCS(=O)(=O)CC1. The minimum absolute atomic E-state index is 0.333. The van der Waals surface area contributed by atoms with E-state index in [1.54, 1.807) is 0 Å². The topological polar surface area (TPSA) is 49.4 Å². The van der Waals surface area contributed by atoms with Crippen molar-refractivity contribution in [3.8, 4) is 0 Å². The second-order valence-corrected chi connectivity index (χ2v) is 6.42. The third-order valence-electron chi connectivity index (χ3n) is 2.56. The summed E-state index contributed by atoms with van der Waals surface area (Å²) in [6, 6.07) is 0. The quantitative estimate of drug-likeness (QED) is 0.698. The molecule has 4 nitrogen and oxygen atoms in total. The Kier molecular flexibility index (Phi) is 4.34. The molecule has 5 heteroatoms. The van der Waals surface area contributed by atoms with Crippen molar-refractivity contribution in [1.29, 1.82) is 0 Å². The van der Waals surface area contributed by atoms with Crippen LogP contribution in [-0.4, -0.2) is 58.1 Å². The summed E-state index contributed by atoms with van der Waals surface area (Å²) in [5, 5.41) is 3.13. The molecule has 1 saturated heterocycles. The molecule has 0 saturated carbocycles. The number of rotatable bonds is 4. The minimum Gasteiger partial charge on any atom is -0.319 e. The summed E-state index contributed by atoms with van der Waals surface area (Å²) in [6.07, 6.45) is 0. The molecule has 0 amide bonds. The van der Waals surface area contributed by atoms with E-state index in [0.29, 0.717) is 30.5 Å². The van der Waals surface area contributed by atoms with Crippen molar-refractivity contribution in [2.24, 2.45) is 5.92 Å². The Balaban J connectivity index is 2.29. The fourth-order valence-electron chi connectivity index (χ4n) is 1.79. The van der Waals surface area contributed by atoms with Gasteiger partial charge in [0.25, 0.3) is 0 Å². The average molecular weight is 220 g/mol. The fourth-order valence-corrected chi connectivity index (χ4v) is 3.06. The van der Waals surface area contributed by atoms with E-state index in [0.717, 1.165) is 13.1 Å². The van der Waals surface area contributed by atoms with E-state index < -0.39 is 9.84 Å². The van der Waals surface area contributed by atoms with Gasteiger partial charge in [0, 0.05) is 19.6 Å². The molecule has 1 heterocycles. The number of nitrogens with zero attached hydrogens (tertiary/aromatic N) is 1. The molecule has 1 fully saturated rings. The summed E-state index contributed by atoms with van der Waals surface area (Å²) in [5.41, 5.74) is 0. The zero-order chi connectivity index (χ0) is 10.6. The number of nitrogens with one attached hydrogen (secondary N) is 1. The number of sulfone groups is 1. The first-order valence-electron chi connectivity index (χ1n) is 5.11. The van der Waals surface area contributed by atoms with Gasteiger partial charge in [-0.1, -0.05) is 6.92 Å². The predicted octanol–water partition coefficient (Wildman–Crippen LogP) is -0.428. The van der Waals surface area contributed by atoms with Gasteiger partial charge in [0.1, 0.15) is 0 Å². The second-order valence-electron chi connectivity index (χ2n) is 4.12. The lowest BCUT2D eigenvalue weighted by Crippen LogP contribution is -2.43. The lowest BCUT2D eigenvalue weighted by molar-refractivity contribution is 0.253. The third-order valence-corrected chi connectivity index (χ3v) is 4.17. The lowest BCUT2D eigenvalue weighted by Gasteiger charge is -2.28. The molecule has 0 aromatic heterocycles. The highest BCUT2D eigenvalue weighted by atomic mass is 32.2. The van der Waals surface area contributed by atoms with Gasteiger partial charge >= 0.3 is 0 Å². The summed E-state index contributed by atoms with van der Waals surface area (Å²) < 4.78 is 22.3. The summed E-state index contributed by atoms with van der Waals surface area (Å²) in [6.45, 7) is 5.58. The van der Waals surface area contributed by atoms with E-state index >= 15 is 0 Å². The normalized spacial score (nSPS) is 24.7. The van der Waals surface area contributed by atoms with Gasteiger partial charge in [-0.3, -0.25) is 0 Å². The molecule has 1 unspecified atom stereocenters. The van der Waals surface area contributed by atoms with Crippen molar-refractivity contribution < 1.29 is 8.42 Å². The van der Waals surface area contributed by atoms with Crippen molar-refractivity contribution in [3.63, 3.8) is 0 Å². The number of hydrogen-bond acceptors (Lipinski definition) is 4. The van der Waals surface area contributed by atoms with Crippen LogP contribution >= 0.6 is 0 Å². The van der Waals surface area contributed by atoms with E-state index in [-0.39, 0.29) is 0 Å². The molecule has 0 aromatic rings. The van der Waals surface area contributed by atoms with Crippen molar-refractivity contribution in [2.45, 2.75) is 6.92 Å². The monoisotopic (exact) mass is 220 g/mol. The second kappa shape index (κ2) is 5.09. The highest BCUT2D eigenvalue weighted by Crippen LogP contribution is 2.06. The van der Waals surface area contributed by atoms with Crippen LogP contribution in [0, 0.1) is 5.92 Å². The van der Waals surface area contributed by atoms with E-state index in [4.69, 9.17) is 0 Å². The summed E-state index contributed by atoms with van der Waals surface area (Å²) >= 11 is 0. The van der Waals surface area contributed by atoms with Crippen molar-refractivity contribution in [1.82, 2.24) is 10.2 Å². The van der Waals surface area contributed by atoms with E-state index in [2.05, 4.69) is 17.1 Å². The van der Waals surface area contributed by atoms with Gasteiger partial charge in [0.05, 0.1) is 11.5 Å². The maximum absolute atomic E-state index is 11.2. The van der Waals surface area contributed by atoms with E-state index in [1.165, 1.54) is 0 Å². The van der Waals surface area contributed by atoms with Crippen LogP contribution in [0.4, 0.5) is 0 Å². The van der Waals surface area contributed by atoms with Gasteiger partial charge in [-0.15, -0.1) is 0 Å². The highest BCUT2D eigenvalue weighted by molar-refractivity contribution is 7.91. The Bertz CT molecular complexity index is 250. The first-order chi connectivity index (χ1) is 6.53. The van der Waals surface area contributed by atoms with Crippen molar-refractivity contribution in [3.05, 3.63) is 0 Å². The Morgan fingerprint density at radius 3 is 2.43 bits per heavy atom. The van der Waals surface area contributed by atoms with Crippen LogP contribution in [0.5, 0.6) is 0 Å². The standard InChI is InChI=1S/C9H20N2O2S/c1-9(7-10-2)8-11-3-5-14(12,13)6-4-11/h9-10H,3-8H2,1-2H3. The predicted molar refractivity (Wildman–Crippen MR) is 58.2 cm³/mol. The van der Waals surface area contributed by atoms with Crippen molar-refractivity contribution in [2.75, 3.05) is 44.7 Å². The first-order valence-corrected chi connectivity index (χ1v) is 6.93. The Labute approximate surface area is 86.6 Å². The zero-order valence-corrected chi connectivity index (χ0v) is 9.81. The van der Waals surface area contributed by atoms with Crippen LogP contribution < -0.4 is 5.32 Å². The van der Waals surface area contributed by atoms with Gasteiger partial charge in [-0.05, 0) is 19.5 Å². The van der Waals surface area contributed by atoms with Gasteiger partial charge < -0.3 is 10.2 Å². The molecular formula is C9H20N2O2S. The highest BCUT2D eigenvalue weighted by Gasteiger charge is 2.22. The molecule has 0 radical (unpaired) electrons. The van der Waals surface area contributed by atoms with Gasteiger partial charge in [-0.2, -0.15) is 0 Å². The fraction of sp³-hybridized carbons (Fsp3) is 1.00. The molecule has 1 atom stereocenters. The zero-order valence-electron chi connectivity index (χ0n) is 8.99. The molecule has 0 spiro atoms. The van der Waals surface area contributed by atoms with Gasteiger partial charge in [0.2, 0.25) is 0 Å². The first kappa shape index (κ1) is 11.9. The van der Waals surface area contributed by atoms with Crippen LogP contribution in [-0.2, 0) is 9.84 Å². The van der Waals surface area contributed by atoms with E-state index in [1.807, 2.05) is 7.05 Å². The Morgan fingerprint density at radius 1 is 1.36 bits per heavy atom. The van der Waals surface area contributed by atoms with E-state index in [9.17, 15) is 8.42 Å². The van der Waals surface area contributed by atoms with Crippen LogP contribution in [0.25, 0.3) is 0 Å². The largest absolute Gasteiger partial charge is 0.319 e. The molecule has 0 bridgehead atoms. The van der Waals surface area contributed by atoms with Gasteiger partial charge in [-0.25, -0.2) is 8.42 Å². The molecular weight excluding hydrogens is 200 g/mol. The smallest absolute Gasteiger partial charge is 0.152 e. The molecule has 1 aliphatic heterocycles. The molecule has 0 aliphatic carbocycles. The Morgan fingerprint density at radius 2 is 1.93 bits per heavy atom. The molecule has 1 aliphatic rings. The maximum Gasteiger partial charge on any atom is 0.152 e. The maximum atomic E-state index is 11.2. The Hall–Kier alpha value is -0.130. The average Bonchev–Trinajstić information content (AvgIpc) is 2.09. The van der Waals surface area contributed by atoms with Crippen LogP contribution in [0.2, 0.25) is 0 Å². The lowest BCUT2D eigenvalue weighted by atomic mass is 10.1. The molecule has 14 heavy (non-hydrogen) atoms. The van der Waals surface area contributed by atoms with Gasteiger partial charge in [0.15, 0.2) is 9.84 Å². The number of hydrogen-bond donors (Lipinski definition) is 1. The summed E-state index contributed by atoms with van der Waals surface area (Å²) in [7, 11) is -0.779. The molecule has 1 rings (SSSR count). The van der Waals surface area contributed by atoms with Crippen LogP contribution in [0.15, 0.2) is 0 Å². The van der Waals surface area contributed by atoms with Crippen LogP contribution in [0.3, 0.4) is 0 Å². The van der Waals surface area contributed by atoms with Crippen molar-refractivity contribution >= 4 is 9.84 Å². The third kappa shape index (κ3) is 3.94. The summed E-state index contributed by atoms with van der Waals surface area (Å²) in [4.78, 5) is 2.24. The molecule has 1 N–H and O–H groups in total. The minimum atomic E-state index is -2.72. The molecule has 84 valence electrons. The molecule has 0 aromatic carbocycles.